The largest absolute Gasteiger partial charge is 0.466 e. The first-order chi connectivity index (χ1) is 8.49. The number of carbonyl (C=O) groups excluding carboxylic acids is 1. The molecule has 3 nitrogen and oxygen atoms in total. The van der Waals surface area contributed by atoms with Crippen molar-refractivity contribution in [3.63, 3.8) is 0 Å². The van der Waals surface area contributed by atoms with Gasteiger partial charge >= 0.3 is 5.97 Å². The molecule has 7 heteroatoms. The number of rotatable bonds is 5. The highest BCUT2D eigenvalue weighted by molar-refractivity contribution is 9.08. The first-order valence-corrected chi connectivity index (χ1v) is 6.29. The molecule has 0 aromatic carbocycles. The summed E-state index contributed by atoms with van der Waals surface area (Å²) in [6, 6.07) is 0.959. The van der Waals surface area contributed by atoms with Crippen molar-refractivity contribution in [2.75, 3.05) is 6.61 Å². The lowest BCUT2D eigenvalue weighted by molar-refractivity contribution is -0.142. The van der Waals surface area contributed by atoms with Gasteiger partial charge in [-0.25, -0.2) is 13.8 Å². The molecule has 0 aliphatic heterocycles. The molecule has 0 bridgehead atoms. The van der Waals surface area contributed by atoms with Crippen LogP contribution in [-0.2, 0) is 21.3 Å². The molecule has 0 spiro atoms. The van der Waals surface area contributed by atoms with Crippen molar-refractivity contribution in [3.05, 3.63) is 28.8 Å². The van der Waals surface area contributed by atoms with Gasteiger partial charge in [0.05, 0.1) is 18.7 Å². The van der Waals surface area contributed by atoms with Crippen LogP contribution >= 0.6 is 15.9 Å². The number of alkyl halides is 3. The highest BCUT2D eigenvalue weighted by Gasteiger charge is 2.19. The van der Waals surface area contributed by atoms with E-state index >= 15 is 0 Å². The third-order valence-corrected chi connectivity index (χ3v) is 2.69. The predicted octanol–water partition coefficient (Wildman–Crippen LogP) is 3.16. The average molecular weight is 326 g/mol. The third-order valence-electron chi connectivity index (χ3n) is 2.16. The summed E-state index contributed by atoms with van der Waals surface area (Å²) in [5.74, 6) is -1.60. The highest BCUT2D eigenvalue weighted by atomic mass is 79.9. The van der Waals surface area contributed by atoms with Gasteiger partial charge in [-0.2, -0.15) is 4.39 Å². The van der Waals surface area contributed by atoms with Crippen molar-refractivity contribution < 1.29 is 22.7 Å². The first kappa shape index (κ1) is 14.9. The van der Waals surface area contributed by atoms with E-state index in [1.165, 1.54) is 0 Å². The van der Waals surface area contributed by atoms with Crippen LogP contribution in [0.15, 0.2) is 6.07 Å². The van der Waals surface area contributed by atoms with Gasteiger partial charge < -0.3 is 4.74 Å². The Labute approximate surface area is 110 Å². The van der Waals surface area contributed by atoms with Crippen molar-refractivity contribution in [1.82, 2.24) is 4.98 Å². The zero-order valence-electron chi connectivity index (χ0n) is 9.55. The summed E-state index contributed by atoms with van der Waals surface area (Å²) < 4.78 is 43.5. The van der Waals surface area contributed by atoms with Gasteiger partial charge in [0, 0.05) is 16.5 Å². The molecular weight excluding hydrogens is 315 g/mol. The van der Waals surface area contributed by atoms with Gasteiger partial charge in [-0.05, 0) is 13.0 Å². The highest BCUT2D eigenvalue weighted by Crippen LogP contribution is 2.25. The van der Waals surface area contributed by atoms with E-state index in [9.17, 15) is 18.0 Å². The second-order valence-electron chi connectivity index (χ2n) is 3.39. The molecule has 0 amide bonds. The maximum absolute atomic E-state index is 13.5. The first-order valence-electron chi connectivity index (χ1n) is 5.17. The normalized spacial score (nSPS) is 10.8. The maximum atomic E-state index is 13.5. The van der Waals surface area contributed by atoms with E-state index in [0.717, 1.165) is 6.07 Å². The van der Waals surface area contributed by atoms with Crippen LogP contribution in [0, 0.1) is 5.95 Å². The van der Waals surface area contributed by atoms with E-state index in [2.05, 4.69) is 25.7 Å². The van der Waals surface area contributed by atoms with Crippen molar-refractivity contribution in [2.24, 2.45) is 0 Å². The van der Waals surface area contributed by atoms with E-state index in [-0.39, 0.29) is 28.8 Å². The van der Waals surface area contributed by atoms with Crippen molar-refractivity contribution in [3.8, 4) is 0 Å². The van der Waals surface area contributed by atoms with E-state index in [0.29, 0.717) is 0 Å². The summed E-state index contributed by atoms with van der Waals surface area (Å²) in [5.41, 5.74) is -0.642. The molecule has 0 N–H and O–H groups in total. The number of carbonyl (C=O) groups is 1. The number of aromatic nitrogens is 1. The summed E-state index contributed by atoms with van der Waals surface area (Å²) in [6.45, 7) is 1.75. The number of esters is 1. The summed E-state index contributed by atoms with van der Waals surface area (Å²) in [7, 11) is 0. The number of pyridine rings is 1. The van der Waals surface area contributed by atoms with Crippen molar-refractivity contribution in [2.45, 2.75) is 25.1 Å². The molecule has 0 aliphatic carbocycles. The third kappa shape index (κ3) is 3.69. The number of hydrogen-bond donors (Lipinski definition) is 0. The molecule has 1 aromatic rings. The van der Waals surface area contributed by atoms with E-state index < -0.39 is 24.8 Å². The van der Waals surface area contributed by atoms with Crippen LogP contribution in [0.1, 0.15) is 30.2 Å². The second kappa shape index (κ2) is 6.72. The number of hydrogen-bond acceptors (Lipinski definition) is 3. The molecule has 18 heavy (non-hydrogen) atoms. The number of ether oxygens (including phenoxy) is 1. The van der Waals surface area contributed by atoms with Crippen molar-refractivity contribution >= 4 is 21.9 Å². The molecule has 1 heterocycles. The minimum atomic E-state index is -2.77. The van der Waals surface area contributed by atoms with Gasteiger partial charge in [-0.15, -0.1) is 0 Å². The Morgan fingerprint density at radius 2 is 2.22 bits per heavy atom. The van der Waals surface area contributed by atoms with Crippen LogP contribution in [0.4, 0.5) is 13.2 Å². The topological polar surface area (TPSA) is 39.2 Å². The van der Waals surface area contributed by atoms with E-state index in [1.54, 1.807) is 6.92 Å². The van der Waals surface area contributed by atoms with Gasteiger partial charge in [-0.3, -0.25) is 4.79 Å². The number of nitrogens with zero attached hydrogens (tertiary/aromatic N) is 1. The summed E-state index contributed by atoms with van der Waals surface area (Å²) in [6.07, 6.45) is -3.18. The maximum Gasteiger partial charge on any atom is 0.310 e. The zero-order chi connectivity index (χ0) is 13.7. The molecule has 0 atom stereocenters. The fourth-order valence-electron chi connectivity index (χ4n) is 1.37. The smallest absolute Gasteiger partial charge is 0.310 e. The Hall–Kier alpha value is -1.11. The Balaban J connectivity index is 3.05. The Kier molecular flexibility index (Phi) is 5.58. The Bertz CT molecular complexity index is 441. The SMILES string of the molecule is CCOC(=O)Cc1cc(C(F)F)c(CBr)nc1F. The molecule has 0 unspecified atom stereocenters. The van der Waals surface area contributed by atoms with Crippen LogP contribution in [-0.4, -0.2) is 17.6 Å². The molecule has 1 rings (SSSR count). The van der Waals surface area contributed by atoms with Gasteiger partial charge in [0.25, 0.3) is 6.43 Å². The number of halogens is 4. The second-order valence-corrected chi connectivity index (χ2v) is 3.95. The molecule has 0 radical (unpaired) electrons. The molecular formula is C11H11BrF3NO2. The van der Waals surface area contributed by atoms with Crippen LogP contribution in [0.3, 0.4) is 0 Å². The van der Waals surface area contributed by atoms with E-state index in [4.69, 9.17) is 0 Å². The fraction of sp³-hybridized carbons (Fsp3) is 0.455. The Morgan fingerprint density at radius 1 is 1.56 bits per heavy atom. The summed E-state index contributed by atoms with van der Waals surface area (Å²) in [4.78, 5) is 14.6. The molecule has 0 fully saturated rings. The van der Waals surface area contributed by atoms with Crippen LogP contribution in [0.25, 0.3) is 0 Å². The monoisotopic (exact) mass is 325 g/mol. The van der Waals surface area contributed by atoms with Gasteiger partial charge in [0.15, 0.2) is 0 Å². The predicted molar refractivity (Wildman–Crippen MR) is 62.1 cm³/mol. The lowest BCUT2D eigenvalue weighted by atomic mass is 10.1. The quantitative estimate of drug-likeness (QED) is 0.474. The molecule has 0 saturated carbocycles. The van der Waals surface area contributed by atoms with Crippen molar-refractivity contribution in [1.29, 1.82) is 0 Å². The van der Waals surface area contributed by atoms with E-state index in [1.807, 2.05) is 0 Å². The van der Waals surface area contributed by atoms with Gasteiger partial charge in [0.2, 0.25) is 5.95 Å². The fourth-order valence-corrected chi connectivity index (χ4v) is 1.82. The summed E-state index contributed by atoms with van der Waals surface area (Å²) >= 11 is 2.96. The Morgan fingerprint density at radius 3 is 2.72 bits per heavy atom. The van der Waals surface area contributed by atoms with Crippen LogP contribution in [0.2, 0.25) is 0 Å². The molecule has 1 aromatic heterocycles. The summed E-state index contributed by atoms with van der Waals surface area (Å²) in [5, 5.41) is 0.0171. The van der Waals surface area contributed by atoms with Crippen LogP contribution < -0.4 is 0 Å². The average Bonchev–Trinajstić information content (AvgIpc) is 2.31. The minimum Gasteiger partial charge on any atom is -0.466 e. The molecule has 0 aliphatic rings. The lowest BCUT2D eigenvalue weighted by Gasteiger charge is -2.09. The lowest BCUT2D eigenvalue weighted by Crippen LogP contribution is -2.11. The van der Waals surface area contributed by atoms with Gasteiger partial charge in [0.1, 0.15) is 0 Å². The molecule has 100 valence electrons. The minimum absolute atomic E-state index is 0.0171. The zero-order valence-corrected chi connectivity index (χ0v) is 11.1. The standard InChI is InChI=1S/C11H11BrF3NO2/c1-2-18-9(17)4-6-3-7(10(13)14)8(5-12)16-11(6)15/h3,10H,2,4-5H2,1H3. The van der Waals surface area contributed by atoms with Crippen LogP contribution in [0.5, 0.6) is 0 Å². The van der Waals surface area contributed by atoms with Gasteiger partial charge in [-0.1, -0.05) is 15.9 Å². The molecule has 0 saturated heterocycles.